The largest absolute Gasteiger partial charge is 0.497 e. The van der Waals surface area contributed by atoms with Crippen molar-refractivity contribution in [1.29, 1.82) is 0 Å². The van der Waals surface area contributed by atoms with E-state index in [1.165, 1.54) is 19.2 Å². The van der Waals surface area contributed by atoms with Gasteiger partial charge in [0.1, 0.15) is 11.6 Å². The van der Waals surface area contributed by atoms with Crippen molar-refractivity contribution in [2.24, 2.45) is 0 Å². The van der Waals surface area contributed by atoms with E-state index in [4.69, 9.17) is 9.47 Å². The highest BCUT2D eigenvalue weighted by Gasteiger charge is 2.27. The predicted octanol–water partition coefficient (Wildman–Crippen LogP) is 2.93. The first kappa shape index (κ1) is 17.6. The molecule has 1 N–H and O–H groups in total. The number of ketones is 1. The van der Waals surface area contributed by atoms with Crippen LogP contribution in [0.4, 0.5) is 10.1 Å². The highest BCUT2D eigenvalue weighted by molar-refractivity contribution is 6.05. The quantitative estimate of drug-likeness (QED) is 0.657. The Kier molecular flexibility index (Phi) is 4.71. The molecule has 0 fully saturated rings. The number of hydrogen-bond donors (Lipinski definition) is 1. The van der Waals surface area contributed by atoms with Gasteiger partial charge in [0.2, 0.25) is 5.91 Å². The third-order valence-corrected chi connectivity index (χ3v) is 4.22. The summed E-state index contributed by atoms with van der Waals surface area (Å²) in [7, 11) is 1.38. The Morgan fingerprint density at radius 1 is 1.19 bits per heavy atom. The number of rotatable bonds is 5. The number of anilines is 1. The van der Waals surface area contributed by atoms with Crippen molar-refractivity contribution in [1.82, 2.24) is 0 Å². The lowest BCUT2D eigenvalue weighted by Crippen LogP contribution is -2.15. The highest BCUT2D eigenvalue weighted by Crippen LogP contribution is 2.32. The first-order chi connectivity index (χ1) is 12.4. The topological polar surface area (TPSA) is 81.7 Å². The van der Waals surface area contributed by atoms with Gasteiger partial charge in [-0.05, 0) is 42.8 Å². The van der Waals surface area contributed by atoms with Gasteiger partial charge in [-0.1, -0.05) is 0 Å². The Hall–Kier alpha value is -3.22. The second-order valence-electron chi connectivity index (χ2n) is 5.86. The van der Waals surface area contributed by atoms with Gasteiger partial charge in [0, 0.05) is 17.3 Å². The third-order valence-electron chi connectivity index (χ3n) is 4.22. The minimum Gasteiger partial charge on any atom is -0.497 e. The molecular weight excluding hydrogens is 341 g/mol. The summed E-state index contributed by atoms with van der Waals surface area (Å²) in [6, 6.07) is 8.49. The molecular formula is C19H16FNO5. The summed E-state index contributed by atoms with van der Waals surface area (Å²) < 4.78 is 23.6. The molecule has 1 aliphatic rings. The molecule has 0 radical (unpaired) electrons. The van der Waals surface area contributed by atoms with Crippen LogP contribution in [-0.2, 0) is 9.53 Å². The molecule has 7 heteroatoms. The number of esters is 1. The molecule has 0 bridgehead atoms. The fraction of sp³-hybridized carbons (Fsp3) is 0.211. The summed E-state index contributed by atoms with van der Waals surface area (Å²) in [5, 5.41) is 2.71. The summed E-state index contributed by atoms with van der Waals surface area (Å²) in [5.74, 6) is -2.39. The number of ether oxygens (including phenoxy) is 2. The second-order valence-corrected chi connectivity index (χ2v) is 5.86. The van der Waals surface area contributed by atoms with Crippen molar-refractivity contribution >= 4 is 23.3 Å². The van der Waals surface area contributed by atoms with E-state index in [1.807, 2.05) is 0 Å². The Labute approximate surface area is 148 Å². The molecule has 2 aromatic rings. The van der Waals surface area contributed by atoms with Crippen LogP contribution in [0.2, 0.25) is 0 Å². The number of methoxy groups -OCH3 is 1. The van der Waals surface area contributed by atoms with Gasteiger partial charge in [-0.15, -0.1) is 0 Å². The van der Waals surface area contributed by atoms with Crippen LogP contribution in [0, 0.1) is 5.82 Å². The van der Waals surface area contributed by atoms with Crippen LogP contribution in [0.1, 0.15) is 39.1 Å². The van der Waals surface area contributed by atoms with Gasteiger partial charge in [-0.3, -0.25) is 9.59 Å². The van der Waals surface area contributed by atoms with Crippen molar-refractivity contribution in [2.45, 2.75) is 12.8 Å². The summed E-state index contributed by atoms with van der Waals surface area (Å²) in [6.07, 6.45) is 0. The van der Waals surface area contributed by atoms with E-state index in [-0.39, 0.29) is 23.1 Å². The number of nitrogens with one attached hydrogen (secondary N) is 1. The summed E-state index contributed by atoms with van der Waals surface area (Å²) >= 11 is 0. The monoisotopic (exact) mass is 357 g/mol. The van der Waals surface area contributed by atoms with Crippen LogP contribution in [0.5, 0.6) is 5.75 Å². The molecule has 134 valence electrons. The number of amides is 1. The number of carbonyl (C=O) groups excluding carboxylic acids is 3. The maximum atomic E-state index is 13.9. The zero-order chi connectivity index (χ0) is 18.8. The average molecular weight is 357 g/mol. The average Bonchev–Trinajstić information content (AvgIpc) is 2.93. The zero-order valence-electron chi connectivity index (χ0n) is 14.2. The van der Waals surface area contributed by atoms with Crippen molar-refractivity contribution in [3.8, 4) is 5.75 Å². The molecule has 0 aromatic heterocycles. The number of hydrogen-bond acceptors (Lipinski definition) is 5. The van der Waals surface area contributed by atoms with E-state index >= 15 is 0 Å². The molecule has 0 aliphatic carbocycles. The molecule has 0 unspecified atom stereocenters. The highest BCUT2D eigenvalue weighted by atomic mass is 19.1. The summed E-state index contributed by atoms with van der Waals surface area (Å²) in [5.41, 5.74) is 1.41. The van der Waals surface area contributed by atoms with Crippen molar-refractivity contribution in [3.05, 3.63) is 58.9 Å². The van der Waals surface area contributed by atoms with Gasteiger partial charge in [0.05, 0.1) is 18.6 Å². The van der Waals surface area contributed by atoms with E-state index in [0.717, 1.165) is 6.07 Å². The fourth-order valence-corrected chi connectivity index (χ4v) is 2.67. The van der Waals surface area contributed by atoms with Gasteiger partial charge in [0.25, 0.3) is 0 Å². The lowest BCUT2D eigenvalue weighted by molar-refractivity contribution is -0.116. The Morgan fingerprint density at radius 3 is 2.65 bits per heavy atom. The van der Waals surface area contributed by atoms with Crippen LogP contribution < -0.4 is 10.1 Å². The molecule has 0 saturated carbocycles. The van der Waals surface area contributed by atoms with Crippen molar-refractivity contribution in [3.63, 3.8) is 0 Å². The smallest absolute Gasteiger partial charge is 0.341 e. The molecule has 3 rings (SSSR count). The summed E-state index contributed by atoms with van der Waals surface area (Å²) in [4.78, 5) is 35.9. The van der Waals surface area contributed by atoms with Gasteiger partial charge in [0.15, 0.2) is 12.4 Å². The molecule has 1 amide bonds. The number of carbonyl (C=O) groups is 3. The molecule has 0 spiro atoms. The Morgan fingerprint density at radius 2 is 1.96 bits per heavy atom. The van der Waals surface area contributed by atoms with Gasteiger partial charge in [-0.25, -0.2) is 9.18 Å². The summed E-state index contributed by atoms with van der Waals surface area (Å²) in [6.45, 7) is 1.21. The molecule has 1 aliphatic heterocycles. The maximum absolute atomic E-state index is 13.9. The third kappa shape index (κ3) is 3.28. The van der Waals surface area contributed by atoms with Crippen molar-refractivity contribution < 1.29 is 28.2 Å². The maximum Gasteiger partial charge on any atom is 0.341 e. The van der Waals surface area contributed by atoms with Gasteiger partial charge in [-0.2, -0.15) is 0 Å². The molecule has 2 aromatic carbocycles. The Balaban J connectivity index is 1.68. The van der Waals surface area contributed by atoms with E-state index in [2.05, 4.69) is 5.32 Å². The molecule has 26 heavy (non-hydrogen) atoms. The molecule has 6 nitrogen and oxygen atoms in total. The van der Waals surface area contributed by atoms with Gasteiger partial charge >= 0.3 is 5.97 Å². The first-order valence-electron chi connectivity index (χ1n) is 7.89. The van der Waals surface area contributed by atoms with E-state index < -0.39 is 24.2 Å². The number of Topliss-reactive ketones (excluding diaryl/α,β-unsaturated/α-hetero) is 1. The minimum absolute atomic E-state index is 0.133. The van der Waals surface area contributed by atoms with E-state index in [9.17, 15) is 18.8 Å². The van der Waals surface area contributed by atoms with Gasteiger partial charge < -0.3 is 14.8 Å². The fourth-order valence-electron chi connectivity index (χ4n) is 2.67. The van der Waals surface area contributed by atoms with Crippen LogP contribution >= 0.6 is 0 Å². The van der Waals surface area contributed by atoms with Crippen molar-refractivity contribution in [2.75, 3.05) is 19.0 Å². The van der Waals surface area contributed by atoms with Crippen LogP contribution in [0.15, 0.2) is 36.4 Å². The second kappa shape index (κ2) is 6.95. The molecule has 0 saturated heterocycles. The molecule has 1 heterocycles. The first-order valence-corrected chi connectivity index (χ1v) is 7.89. The molecule has 1 atom stereocenters. The number of fused-ring (bicyclic) bond motifs is 1. The standard InChI is InChI=1S/C19H16FNO5/c1-10-14-7-11(3-6-16(14)21-18(10)23)17(22)9-26-19(24)13-5-4-12(25-2)8-15(13)20/h3-8,10H,9H2,1-2H3,(H,21,23)/t10-/m1/s1. The number of benzene rings is 2. The lowest BCUT2D eigenvalue weighted by Gasteiger charge is -2.08. The van der Waals surface area contributed by atoms with Crippen LogP contribution in [0.3, 0.4) is 0 Å². The normalized spacial score (nSPS) is 15.2. The van der Waals surface area contributed by atoms with E-state index in [1.54, 1.807) is 25.1 Å². The number of halogens is 1. The minimum atomic E-state index is -0.940. The lowest BCUT2D eigenvalue weighted by atomic mass is 9.99. The van der Waals surface area contributed by atoms with Crippen LogP contribution in [0.25, 0.3) is 0 Å². The Bertz CT molecular complexity index is 909. The van der Waals surface area contributed by atoms with E-state index in [0.29, 0.717) is 16.8 Å². The van der Waals surface area contributed by atoms with Crippen LogP contribution in [-0.4, -0.2) is 31.4 Å². The zero-order valence-corrected chi connectivity index (χ0v) is 14.2. The predicted molar refractivity (Wildman–Crippen MR) is 91.1 cm³/mol. The SMILES string of the molecule is COc1ccc(C(=O)OCC(=O)c2ccc3c(c2)[C@@H](C)C(=O)N3)c(F)c1.